The standard InChI is InChI=1S/C8H16N2/c1-8(2)10-6-3-4-9-5-7-10/h9H,1,3-7H2,2H3/p+1. The van der Waals surface area contributed by atoms with Crippen LogP contribution in [0.2, 0.25) is 0 Å². The smallest absolute Gasteiger partial charge is 0.0933 e. The average molecular weight is 141 g/mol. The maximum Gasteiger partial charge on any atom is 0.0933 e. The Labute approximate surface area is 62.9 Å². The Morgan fingerprint density at radius 3 is 2.90 bits per heavy atom. The molecule has 2 nitrogen and oxygen atoms in total. The number of quaternary nitrogens is 1. The molecule has 0 radical (unpaired) electrons. The van der Waals surface area contributed by atoms with Gasteiger partial charge in [-0.2, -0.15) is 0 Å². The van der Waals surface area contributed by atoms with E-state index in [4.69, 9.17) is 0 Å². The largest absolute Gasteiger partial charge is 0.370 e. The van der Waals surface area contributed by atoms with Crippen LogP contribution in [-0.4, -0.2) is 31.1 Å². The minimum atomic E-state index is 1.18. The molecule has 58 valence electrons. The highest BCUT2D eigenvalue weighted by Gasteiger charge is 2.08. The molecule has 0 aliphatic carbocycles. The Morgan fingerprint density at radius 1 is 1.40 bits per heavy atom. The van der Waals surface area contributed by atoms with Crippen molar-refractivity contribution in [2.45, 2.75) is 13.3 Å². The normalized spacial score (nSPS) is 20.3. The van der Waals surface area contributed by atoms with Gasteiger partial charge in [-0.3, -0.25) is 0 Å². The van der Waals surface area contributed by atoms with Gasteiger partial charge in [0.1, 0.15) is 0 Å². The highest BCUT2D eigenvalue weighted by molar-refractivity contribution is 4.88. The van der Waals surface area contributed by atoms with Gasteiger partial charge in [0.25, 0.3) is 0 Å². The second-order valence-electron chi connectivity index (χ2n) is 2.94. The molecule has 0 atom stereocenters. The van der Waals surface area contributed by atoms with Crippen LogP contribution in [0, 0.1) is 0 Å². The minimum Gasteiger partial charge on any atom is -0.370 e. The lowest BCUT2D eigenvalue weighted by Gasteiger charge is -2.20. The molecule has 1 rings (SSSR count). The lowest BCUT2D eigenvalue weighted by molar-refractivity contribution is -0.651. The molecule has 1 saturated heterocycles. The van der Waals surface area contributed by atoms with Crippen LogP contribution in [0.4, 0.5) is 0 Å². The summed E-state index contributed by atoms with van der Waals surface area (Å²) >= 11 is 0. The summed E-state index contributed by atoms with van der Waals surface area (Å²) in [5.41, 5.74) is 1.22. The van der Waals surface area contributed by atoms with Crippen LogP contribution < -0.4 is 5.32 Å². The first-order chi connectivity index (χ1) is 4.80. The minimum absolute atomic E-state index is 1.18. The fourth-order valence-electron chi connectivity index (χ4n) is 1.31. The summed E-state index contributed by atoms with van der Waals surface area (Å²) in [4.78, 5) is 2.36. The van der Waals surface area contributed by atoms with Gasteiger partial charge < -0.3 is 10.2 Å². The molecule has 0 spiro atoms. The van der Waals surface area contributed by atoms with Crippen molar-refractivity contribution in [1.82, 2.24) is 4.90 Å². The number of allylic oxidation sites excluding steroid dienone is 1. The van der Waals surface area contributed by atoms with E-state index in [-0.39, 0.29) is 0 Å². The topological polar surface area (TPSA) is 19.9 Å². The van der Waals surface area contributed by atoms with Crippen LogP contribution in [0.25, 0.3) is 0 Å². The van der Waals surface area contributed by atoms with E-state index in [1.807, 2.05) is 0 Å². The summed E-state index contributed by atoms with van der Waals surface area (Å²) in [6.45, 7) is 10.9. The summed E-state index contributed by atoms with van der Waals surface area (Å²) in [5, 5.41) is 2.38. The van der Waals surface area contributed by atoms with Gasteiger partial charge in [-0.25, -0.2) is 0 Å². The molecule has 0 amide bonds. The predicted molar refractivity (Wildman–Crippen MR) is 42.7 cm³/mol. The third kappa shape index (κ3) is 2.03. The Morgan fingerprint density at radius 2 is 2.20 bits per heavy atom. The molecule has 1 aliphatic rings. The van der Waals surface area contributed by atoms with Gasteiger partial charge in [0, 0.05) is 18.7 Å². The Balaban J connectivity index is 2.35. The van der Waals surface area contributed by atoms with E-state index >= 15 is 0 Å². The van der Waals surface area contributed by atoms with Gasteiger partial charge in [0.05, 0.1) is 19.6 Å². The summed E-state index contributed by atoms with van der Waals surface area (Å²) in [5.74, 6) is 0. The first kappa shape index (κ1) is 7.61. The van der Waals surface area contributed by atoms with Crippen LogP contribution in [0.3, 0.4) is 0 Å². The molecule has 1 fully saturated rings. The molecule has 2 heteroatoms. The molecular weight excluding hydrogens is 124 g/mol. The fourth-order valence-corrected chi connectivity index (χ4v) is 1.31. The van der Waals surface area contributed by atoms with E-state index in [1.165, 1.54) is 38.3 Å². The fraction of sp³-hybridized carbons (Fsp3) is 0.750. The molecule has 0 aromatic heterocycles. The van der Waals surface area contributed by atoms with E-state index in [2.05, 4.69) is 23.7 Å². The van der Waals surface area contributed by atoms with E-state index in [0.29, 0.717) is 0 Å². The maximum absolute atomic E-state index is 3.93. The molecule has 0 saturated carbocycles. The SMILES string of the molecule is C=C(C)N1CCC[NH2+]CC1. The summed E-state index contributed by atoms with van der Waals surface area (Å²) < 4.78 is 0. The summed E-state index contributed by atoms with van der Waals surface area (Å²) in [6.07, 6.45) is 1.30. The number of nitrogens with zero attached hydrogens (tertiary/aromatic N) is 1. The number of rotatable bonds is 1. The summed E-state index contributed by atoms with van der Waals surface area (Å²) in [6, 6.07) is 0. The average Bonchev–Trinajstić information content (AvgIpc) is 2.12. The molecule has 0 bridgehead atoms. The Kier molecular flexibility index (Phi) is 2.75. The zero-order valence-corrected chi connectivity index (χ0v) is 6.77. The molecule has 1 heterocycles. The third-order valence-electron chi connectivity index (χ3n) is 1.98. The van der Waals surface area contributed by atoms with Crippen molar-refractivity contribution in [3.05, 3.63) is 12.3 Å². The van der Waals surface area contributed by atoms with Crippen molar-refractivity contribution in [3.8, 4) is 0 Å². The molecule has 0 unspecified atom stereocenters. The van der Waals surface area contributed by atoms with Gasteiger partial charge in [0.2, 0.25) is 0 Å². The van der Waals surface area contributed by atoms with Crippen molar-refractivity contribution in [1.29, 1.82) is 0 Å². The van der Waals surface area contributed by atoms with Gasteiger partial charge in [-0.05, 0) is 6.92 Å². The van der Waals surface area contributed by atoms with Crippen molar-refractivity contribution in [3.63, 3.8) is 0 Å². The van der Waals surface area contributed by atoms with E-state index < -0.39 is 0 Å². The predicted octanol–water partition coefficient (Wildman–Crippen LogP) is -0.211. The third-order valence-corrected chi connectivity index (χ3v) is 1.98. The Hall–Kier alpha value is -0.500. The van der Waals surface area contributed by atoms with Gasteiger partial charge in [-0.1, -0.05) is 6.58 Å². The quantitative estimate of drug-likeness (QED) is 0.535. The van der Waals surface area contributed by atoms with Crippen molar-refractivity contribution < 1.29 is 5.32 Å². The van der Waals surface area contributed by atoms with E-state index in [1.54, 1.807) is 0 Å². The molecule has 1 aliphatic heterocycles. The van der Waals surface area contributed by atoms with E-state index in [9.17, 15) is 0 Å². The van der Waals surface area contributed by atoms with Gasteiger partial charge >= 0.3 is 0 Å². The maximum atomic E-state index is 3.93. The van der Waals surface area contributed by atoms with Crippen LogP contribution in [0.15, 0.2) is 12.3 Å². The number of nitrogens with two attached hydrogens (primary N) is 1. The Bertz CT molecular complexity index is 112. The van der Waals surface area contributed by atoms with Crippen molar-refractivity contribution >= 4 is 0 Å². The highest BCUT2D eigenvalue weighted by atomic mass is 15.2. The lowest BCUT2D eigenvalue weighted by Crippen LogP contribution is -2.84. The van der Waals surface area contributed by atoms with E-state index in [0.717, 1.165) is 0 Å². The van der Waals surface area contributed by atoms with Crippen LogP contribution in [-0.2, 0) is 0 Å². The van der Waals surface area contributed by atoms with Crippen LogP contribution in [0.1, 0.15) is 13.3 Å². The van der Waals surface area contributed by atoms with Crippen LogP contribution in [0.5, 0.6) is 0 Å². The number of hydrogen-bond donors (Lipinski definition) is 1. The molecular formula is C8H17N2+. The first-order valence-corrected chi connectivity index (χ1v) is 4.03. The van der Waals surface area contributed by atoms with Crippen LogP contribution >= 0.6 is 0 Å². The van der Waals surface area contributed by atoms with Gasteiger partial charge in [-0.15, -0.1) is 0 Å². The second-order valence-corrected chi connectivity index (χ2v) is 2.94. The van der Waals surface area contributed by atoms with Crippen molar-refractivity contribution in [2.75, 3.05) is 26.2 Å². The number of hydrogen-bond acceptors (Lipinski definition) is 1. The summed E-state index contributed by atoms with van der Waals surface area (Å²) in [7, 11) is 0. The highest BCUT2D eigenvalue weighted by Crippen LogP contribution is 2.00. The molecule has 10 heavy (non-hydrogen) atoms. The molecule has 0 aromatic rings. The lowest BCUT2D eigenvalue weighted by atomic mass is 10.3. The van der Waals surface area contributed by atoms with Crippen molar-refractivity contribution in [2.24, 2.45) is 0 Å². The zero-order chi connectivity index (χ0) is 7.40. The van der Waals surface area contributed by atoms with Gasteiger partial charge in [0.15, 0.2) is 0 Å². The monoisotopic (exact) mass is 141 g/mol. The zero-order valence-electron chi connectivity index (χ0n) is 6.77. The second kappa shape index (κ2) is 3.62. The molecule has 2 N–H and O–H groups in total. The first-order valence-electron chi connectivity index (χ1n) is 4.03. The molecule has 0 aromatic carbocycles.